The third-order valence-corrected chi connectivity index (χ3v) is 4.00. The van der Waals surface area contributed by atoms with Crippen LogP contribution in [0.4, 0.5) is 0 Å². The highest BCUT2D eigenvalue weighted by Crippen LogP contribution is 2.08. The molecular weight excluding hydrogens is 234 g/mol. The van der Waals surface area contributed by atoms with Crippen molar-refractivity contribution in [2.75, 3.05) is 33.2 Å². The maximum atomic E-state index is 11.9. The molecule has 1 atom stereocenters. The van der Waals surface area contributed by atoms with Crippen LogP contribution in [0, 0.1) is 0 Å². The van der Waals surface area contributed by atoms with Crippen molar-refractivity contribution in [1.82, 2.24) is 15.5 Å². The lowest BCUT2D eigenvalue weighted by Gasteiger charge is -2.31. The molecule has 94 valence electrons. The molecule has 1 unspecified atom stereocenters. The van der Waals surface area contributed by atoms with Gasteiger partial charge in [-0.2, -0.15) is 0 Å². The predicted octanol–water partition coefficient (Wildman–Crippen LogP) is 0.310. The van der Waals surface area contributed by atoms with Crippen LogP contribution in [0.15, 0.2) is 17.5 Å². The van der Waals surface area contributed by atoms with E-state index in [-0.39, 0.29) is 11.9 Å². The van der Waals surface area contributed by atoms with Crippen molar-refractivity contribution >= 4 is 17.2 Å². The smallest absolute Gasteiger partial charge is 0.238 e. The lowest BCUT2D eigenvalue weighted by atomic mass is 10.2. The molecule has 0 aromatic carbocycles. The first-order chi connectivity index (χ1) is 8.27. The van der Waals surface area contributed by atoms with Crippen LogP contribution in [0.1, 0.15) is 4.88 Å². The fourth-order valence-electron chi connectivity index (χ4n) is 1.98. The average molecular weight is 253 g/mol. The molecule has 17 heavy (non-hydrogen) atoms. The summed E-state index contributed by atoms with van der Waals surface area (Å²) in [6, 6.07) is 4.12. The van der Waals surface area contributed by atoms with E-state index in [0.29, 0.717) is 0 Å². The Kier molecular flexibility index (Phi) is 4.53. The van der Waals surface area contributed by atoms with Crippen LogP contribution in [-0.2, 0) is 11.2 Å². The Labute approximate surface area is 106 Å². The normalized spacial score (nSPS) is 21.4. The standard InChI is InChI=1S/C12H19N3OS/c1-15-7-6-13-9-11(15)12(16)14-5-4-10-3-2-8-17-10/h2-3,8,11,13H,4-7,9H2,1H3,(H,14,16). The van der Waals surface area contributed by atoms with Crippen molar-refractivity contribution in [2.45, 2.75) is 12.5 Å². The van der Waals surface area contributed by atoms with E-state index in [9.17, 15) is 4.79 Å². The molecule has 1 aliphatic rings. The summed E-state index contributed by atoms with van der Waals surface area (Å²) in [4.78, 5) is 15.4. The fraction of sp³-hybridized carbons (Fsp3) is 0.583. The Morgan fingerprint density at radius 1 is 1.71 bits per heavy atom. The molecule has 2 N–H and O–H groups in total. The molecule has 1 aliphatic heterocycles. The second kappa shape index (κ2) is 6.14. The van der Waals surface area contributed by atoms with Crippen LogP contribution in [-0.4, -0.2) is 50.1 Å². The molecule has 1 saturated heterocycles. The van der Waals surface area contributed by atoms with E-state index < -0.39 is 0 Å². The van der Waals surface area contributed by atoms with Crippen LogP contribution in [0.2, 0.25) is 0 Å². The van der Waals surface area contributed by atoms with Crippen LogP contribution in [0.25, 0.3) is 0 Å². The SMILES string of the molecule is CN1CCNCC1C(=O)NCCc1cccs1. The summed E-state index contributed by atoms with van der Waals surface area (Å²) in [5, 5.41) is 8.32. The third-order valence-electron chi connectivity index (χ3n) is 3.06. The monoisotopic (exact) mass is 253 g/mol. The van der Waals surface area contributed by atoms with Crippen LogP contribution in [0.3, 0.4) is 0 Å². The van der Waals surface area contributed by atoms with Gasteiger partial charge in [0, 0.05) is 31.1 Å². The Morgan fingerprint density at radius 3 is 3.29 bits per heavy atom. The molecule has 1 amide bonds. The number of thiophene rings is 1. The van der Waals surface area contributed by atoms with Gasteiger partial charge in [-0.15, -0.1) is 11.3 Å². The van der Waals surface area contributed by atoms with E-state index in [1.54, 1.807) is 11.3 Å². The van der Waals surface area contributed by atoms with Gasteiger partial charge in [0.1, 0.15) is 6.04 Å². The highest BCUT2D eigenvalue weighted by Gasteiger charge is 2.24. The zero-order chi connectivity index (χ0) is 12.1. The zero-order valence-corrected chi connectivity index (χ0v) is 10.9. The molecule has 1 aromatic rings. The number of piperazine rings is 1. The number of hydrogen-bond acceptors (Lipinski definition) is 4. The van der Waals surface area contributed by atoms with Gasteiger partial charge < -0.3 is 10.6 Å². The minimum absolute atomic E-state index is 0.0212. The third kappa shape index (κ3) is 3.52. The number of rotatable bonds is 4. The summed E-state index contributed by atoms with van der Waals surface area (Å²) in [7, 11) is 2.00. The maximum absolute atomic E-state index is 11.9. The Balaban J connectivity index is 1.73. The van der Waals surface area contributed by atoms with Gasteiger partial charge in [0.05, 0.1) is 0 Å². The first-order valence-electron chi connectivity index (χ1n) is 5.98. The highest BCUT2D eigenvalue weighted by molar-refractivity contribution is 7.09. The van der Waals surface area contributed by atoms with Crippen molar-refractivity contribution in [2.24, 2.45) is 0 Å². The first kappa shape index (κ1) is 12.5. The molecule has 0 radical (unpaired) electrons. The molecule has 4 nitrogen and oxygen atoms in total. The van der Waals surface area contributed by atoms with E-state index in [1.165, 1.54) is 4.88 Å². The van der Waals surface area contributed by atoms with Crippen LogP contribution >= 0.6 is 11.3 Å². The zero-order valence-electron chi connectivity index (χ0n) is 10.1. The summed E-state index contributed by atoms with van der Waals surface area (Å²) < 4.78 is 0. The number of carbonyl (C=O) groups excluding carboxylic acids is 1. The topological polar surface area (TPSA) is 44.4 Å². The van der Waals surface area contributed by atoms with Gasteiger partial charge in [-0.3, -0.25) is 9.69 Å². The molecule has 0 spiro atoms. The summed E-state index contributed by atoms with van der Waals surface area (Å²) in [5.41, 5.74) is 0. The largest absolute Gasteiger partial charge is 0.354 e. The summed E-state index contributed by atoms with van der Waals surface area (Å²) in [6.45, 7) is 3.38. The molecule has 1 fully saturated rings. The van der Waals surface area contributed by atoms with Gasteiger partial charge >= 0.3 is 0 Å². The molecular formula is C12H19N3OS. The molecule has 2 rings (SSSR count). The van der Waals surface area contributed by atoms with E-state index in [0.717, 1.165) is 32.6 Å². The maximum Gasteiger partial charge on any atom is 0.238 e. The highest BCUT2D eigenvalue weighted by atomic mass is 32.1. The quantitative estimate of drug-likeness (QED) is 0.812. The van der Waals surface area contributed by atoms with Crippen molar-refractivity contribution < 1.29 is 4.79 Å². The van der Waals surface area contributed by atoms with Crippen molar-refractivity contribution in [3.05, 3.63) is 22.4 Å². The summed E-state index contributed by atoms with van der Waals surface area (Å²) in [6.07, 6.45) is 0.924. The Morgan fingerprint density at radius 2 is 2.59 bits per heavy atom. The number of nitrogens with one attached hydrogen (secondary N) is 2. The molecule has 2 heterocycles. The number of amides is 1. The van der Waals surface area contributed by atoms with Crippen molar-refractivity contribution in [3.8, 4) is 0 Å². The van der Waals surface area contributed by atoms with Gasteiger partial charge in [-0.05, 0) is 24.9 Å². The fourth-order valence-corrected chi connectivity index (χ4v) is 2.69. The predicted molar refractivity (Wildman–Crippen MR) is 70.3 cm³/mol. The first-order valence-corrected chi connectivity index (χ1v) is 6.86. The van der Waals surface area contributed by atoms with E-state index in [1.807, 2.05) is 13.1 Å². The van der Waals surface area contributed by atoms with E-state index in [4.69, 9.17) is 0 Å². The van der Waals surface area contributed by atoms with Crippen LogP contribution in [0.5, 0.6) is 0 Å². The minimum atomic E-state index is -0.0212. The van der Waals surface area contributed by atoms with Gasteiger partial charge in [0.2, 0.25) is 5.91 Å². The second-order valence-electron chi connectivity index (χ2n) is 4.32. The molecule has 0 bridgehead atoms. The van der Waals surface area contributed by atoms with E-state index in [2.05, 4.69) is 27.0 Å². The lowest BCUT2D eigenvalue weighted by molar-refractivity contribution is -0.126. The number of likely N-dealkylation sites (N-methyl/N-ethyl adjacent to an activating group) is 1. The Hall–Kier alpha value is -0.910. The molecule has 0 saturated carbocycles. The van der Waals surface area contributed by atoms with Gasteiger partial charge in [-0.25, -0.2) is 0 Å². The lowest BCUT2D eigenvalue weighted by Crippen LogP contribution is -2.56. The summed E-state index contributed by atoms with van der Waals surface area (Å²) in [5.74, 6) is 0.135. The van der Waals surface area contributed by atoms with Crippen LogP contribution < -0.4 is 10.6 Å². The average Bonchev–Trinajstić information content (AvgIpc) is 2.82. The molecule has 0 aliphatic carbocycles. The molecule has 5 heteroatoms. The molecule has 1 aromatic heterocycles. The van der Waals surface area contributed by atoms with Crippen molar-refractivity contribution in [3.63, 3.8) is 0 Å². The van der Waals surface area contributed by atoms with Crippen molar-refractivity contribution in [1.29, 1.82) is 0 Å². The number of hydrogen-bond donors (Lipinski definition) is 2. The minimum Gasteiger partial charge on any atom is -0.354 e. The number of carbonyl (C=O) groups is 1. The van der Waals surface area contributed by atoms with Gasteiger partial charge in [-0.1, -0.05) is 6.07 Å². The summed E-state index contributed by atoms with van der Waals surface area (Å²) >= 11 is 1.74. The van der Waals surface area contributed by atoms with Gasteiger partial charge in [0.25, 0.3) is 0 Å². The Bertz CT molecular complexity index is 353. The van der Waals surface area contributed by atoms with Gasteiger partial charge in [0.15, 0.2) is 0 Å². The van der Waals surface area contributed by atoms with E-state index >= 15 is 0 Å². The number of nitrogens with zero attached hydrogens (tertiary/aromatic N) is 1. The second-order valence-corrected chi connectivity index (χ2v) is 5.35.